The lowest BCUT2D eigenvalue weighted by molar-refractivity contribution is -0.127. The Bertz CT molecular complexity index is 202. The first kappa shape index (κ1) is 13.5. The second-order valence-corrected chi connectivity index (χ2v) is 4.45. The molecule has 0 radical (unpaired) electrons. The molecule has 16 heavy (non-hydrogen) atoms. The maximum Gasteiger partial charge on any atom is 0.246 e. The van der Waals surface area contributed by atoms with E-state index in [2.05, 4.69) is 12.2 Å². The summed E-state index contributed by atoms with van der Waals surface area (Å²) >= 11 is 0. The van der Waals surface area contributed by atoms with E-state index in [1.54, 1.807) is 7.11 Å². The van der Waals surface area contributed by atoms with Crippen LogP contribution in [0.1, 0.15) is 32.6 Å². The number of rotatable bonds is 7. The van der Waals surface area contributed by atoms with E-state index in [0.29, 0.717) is 19.1 Å². The van der Waals surface area contributed by atoms with Crippen LogP contribution in [0.15, 0.2) is 0 Å². The van der Waals surface area contributed by atoms with Gasteiger partial charge in [-0.15, -0.1) is 0 Å². The first-order chi connectivity index (χ1) is 7.74. The SMILES string of the molecule is COCCOCC(=O)N[C@H](C)C1CCCC1. The molecule has 0 heterocycles. The molecule has 1 aliphatic rings. The van der Waals surface area contributed by atoms with Crippen LogP contribution >= 0.6 is 0 Å². The zero-order valence-electron chi connectivity index (χ0n) is 10.3. The number of amides is 1. The second-order valence-electron chi connectivity index (χ2n) is 4.45. The van der Waals surface area contributed by atoms with Gasteiger partial charge in [0.25, 0.3) is 0 Å². The number of hydrogen-bond acceptors (Lipinski definition) is 3. The Morgan fingerprint density at radius 3 is 2.69 bits per heavy atom. The molecule has 1 rings (SSSR count). The molecule has 1 fully saturated rings. The summed E-state index contributed by atoms with van der Waals surface area (Å²) in [6.45, 7) is 3.23. The van der Waals surface area contributed by atoms with Crippen molar-refractivity contribution in [3.05, 3.63) is 0 Å². The molecule has 0 bridgehead atoms. The number of methoxy groups -OCH3 is 1. The van der Waals surface area contributed by atoms with Crippen LogP contribution in [0.2, 0.25) is 0 Å². The molecule has 4 heteroatoms. The van der Waals surface area contributed by atoms with Crippen LogP contribution in [0.4, 0.5) is 0 Å². The largest absolute Gasteiger partial charge is 0.382 e. The van der Waals surface area contributed by atoms with E-state index in [0.717, 1.165) is 0 Å². The van der Waals surface area contributed by atoms with Crippen molar-refractivity contribution in [1.29, 1.82) is 0 Å². The summed E-state index contributed by atoms with van der Waals surface area (Å²) in [5.74, 6) is 0.637. The molecular weight excluding hydrogens is 206 g/mol. The Labute approximate surface area is 97.7 Å². The smallest absolute Gasteiger partial charge is 0.246 e. The van der Waals surface area contributed by atoms with E-state index >= 15 is 0 Å². The van der Waals surface area contributed by atoms with Crippen LogP contribution in [0, 0.1) is 5.92 Å². The molecule has 0 spiro atoms. The zero-order valence-corrected chi connectivity index (χ0v) is 10.3. The summed E-state index contributed by atoms with van der Waals surface area (Å²) in [6.07, 6.45) is 5.09. The molecule has 0 aliphatic heterocycles. The van der Waals surface area contributed by atoms with Gasteiger partial charge in [-0.3, -0.25) is 4.79 Å². The Morgan fingerprint density at radius 2 is 2.06 bits per heavy atom. The fourth-order valence-electron chi connectivity index (χ4n) is 2.18. The van der Waals surface area contributed by atoms with E-state index in [4.69, 9.17) is 9.47 Å². The monoisotopic (exact) mass is 229 g/mol. The maximum absolute atomic E-state index is 11.5. The van der Waals surface area contributed by atoms with Gasteiger partial charge in [0.2, 0.25) is 5.91 Å². The van der Waals surface area contributed by atoms with Crippen LogP contribution < -0.4 is 5.32 Å². The Kier molecular flexibility index (Phi) is 6.42. The van der Waals surface area contributed by atoms with Crippen molar-refractivity contribution in [3.63, 3.8) is 0 Å². The summed E-state index contributed by atoms with van der Waals surface area (Å²) < 4.78 is 9.99. The molecule has 94 valence electrons. The van der Waals surface area contributed by atoms with Gasteiger partial charge in [0, 0.05) is 13.2 Å². The van der Waals surface area contributed by atoms with Crippen LogP contribution in [0.3, 0.4) is 0 Å². The Balaban J connectivity index is 2.08. The lowest BCUT2D eigenvalue weighted by Gasteiger charge is -2.20. The number of ether oxygens (including phenoxy) is 2. The van der Waals surface area contributed by atoms with Crippen molar-refractivity contribution in [3.8, 4) is 0 Å². The highest BCUT2D eigenvalue weighted by molar-refractivity contribution is 5.77. The van der Waals surface area contributed by atoms with Crippen molar-refractivity contribution < 1.29 is 14.3 Å². The second kappa shape index (κ2) is 7.63. The molecular formula is C12H23NO3. The standard InChI is InChI=1S/C12H23NO3/c1-10(11-5-3-4-6-11)13-12(14)9-16-8-7-15-2/h10-11H,3-9H2,1-2H3,(H,13,14)/t10-/m1/s1. The summed E-state index contributed by atoms with van der Waals surface area (Å²) in [6, 6.07) is 0.279. The quantitative estimate of drug-likeness (QED) is 0.670. The normalized spacial score (nSPS) is 18.6. The highest BCUT2D eigenvalue weighted by Crippen LogP contribution is 2.27. The van der Waals surface area contributed by atoms with E-state index in [-0.39, 0.29) is 18.6 Å². The molecule has 1 atom stereocenters. The summed E-state index contributed by atoms with van der Waals surface area (Å²) in [7, 11) is 1.62. The predicted octanol–water partition coefficient (Wildman–Crippen LogP) is 1.34. The number of carbonyl (C=O) groups excluding carboxylic acids is 1. The molecule has 1 amide bonds. The Morgan fingerprint density at radius 1 is 1.38 bits per heavy atom. The van der Waals surface area contributed by atoms with Gasteiger partial charge in [0.05, 0.1) is 13.2 Å². The van der Waals surface area contributed by atoms with Gasteiger partial charge >= 0.3 is 0 Å². The van der Waals surface area contributed by atoms with Crippen LogP contribution in [0.25, 0.3) is 0 Å². The maximum atomic E-state index is 11.5. The first-order valence-corrected chi connectivity index (χ1v) is 6.10. The van der Waals surface area contributed by atoms with Gasteiger partial charge in [-0.25, -0.2) is 0 Å². The van der Waals surface area contributed by atoms with Gasteiger partial charge in [-0.05, 0) is 25.7 Å². The van der Waals surface area contributed by atoms with Gasteiger partial charge in [0.1, 0.15) is 6.61 Å². The van der Waals surface area contributed by atoms with Crippen LogP contribution in [-0.4, -0.2) is 38.9 Å². The molecule has 0 aromatic heterocycles. The molecule has 4 nitrogen and oxygen atoms in total. The van der Waals surface area contributed by atoms with Crippen molar-refractivity contribution in [1.82, 2.24) is 5.32 Å². The van der Waals surface area contributed by atoms with Crippen molar-refractivity contribution in [2.24, 2.45) is 5.92 Å². The van der Waals surface area contributed by atoms with Gasteiger partial charge in [0.15, 0.2) is 0 Å². The summed E-state index contributed by atoms with van der Waals surface area (Å²) in [5.41, 5.74) is 0. The predicted molar refractivity (Wildman–Crippen MR) is 62.3 cm³/mol. The lowest BCUT2D eigenvalue weighted by atomic mass is 10.00. The Hall–Kier alpha value is -0.610. The van der Waals surface area contributed by atoms with E-state index in [9.17, 15) is 4.79 Å². The third kappa shape index (κ3) is 4.94. The van der Waals surface area contributed by atoms with E-state index in [1.165, 1.54) is 25.7 Å². The molecule has 1 saturated carbocycles. The average Bonchev–Trinajstić information content (AvgIpc) is 2.77. The van der Waals surface area contributed by atoms with Gasteiger partial charge < -0.3 is 14.8 Å². The molecule has 1 aliphatic carbocycles. The molecule has 0 saturated heterocycles. The molecule has 0 aromatic rings. The minimum Gasteiger partial charge on any atom is -0.382 e. The lowest BCUT2D eigenvalue weighted by Crippen LogP contribution is -2.39. The zero-order chi connectivity index (χ0) is 11.8. The van der Waals surface area contributed by atoms with Gasteiger partial charge in [-0.2, -0.15) is 0 Å². The number of nitrogens with one attached hydrogen (secondary N) is 1. The fraction of sp³-hybridized carbons (Fsp3) is 0.917. The third-order valence-corrected chi connectivity index (χ3v) is 3.16. The topological polar surface area (TPSA) is 47.6 Å². The van der Waals surface area contributed by atoms with Crippen LogP contribution in [0.5, 0.6) is 0 Å². The average molecular weight is 229 g/mol. The minimum absolute atomic E-state index is 0.0181. The highest BCUT2D eigenvalue weighted by atomic mass is 16.5. The first-order valence-electron chi connectivity index (χ1n) is 6.10. The van der Waals surface area contributed by atoms with Gasteiger partial charge in [-0.1, -0.05) is 12.8 Å². The van der Waals surface area contributed by atoms with Crippen molar-refractivity contribution in [2.75, 3.05) is 26.9 Å². The number of hydrogen-bond donors (Lipinski definition) is 1. The minimum atomic E-state index is -0.0181. The summed E-state index contributed by atoms with van der Waals surface area (Å²) in [5, 5.41) is 2.99. The number of carbonyl (C=O) groups is 1. The highest BCUT2D eigenvalue weighted by Gasteiger charge is 2.22. The van der Waals surface area contributed by atoms with E-state index < -0.39 is 0 Å². The molecule has 1 N–H and O–H groups in total. The molecule has 0 unspecified atom stereocenters. The molecule has 0 aromatic carbocycles. The third-order valence-electron chi connectivity index (χ3n) is 3.16. The van der Waals surface area contributed by atoms with Crippen LogP contribution in [-0.2, 0) is 14.3 Å². The summed E-state index contributed by atoms with van der Waals surface area (Å²) in [4.78, 5) is 11.5. The van der Waals surface area contributed by atoms with Crippen molar-refractivity contribution >= 4 is 5.91 Å². The van der Waals surface area contributed by atoms with E-state index in [1.807, 2.05) is 0 Å². The van der Waals surface area contributed by atoms with Crippen molar-refractivity contribution in [2.45, 2.75) is 38.6 Å². The fourth-order valence-corrected chi connectivity index (χ4v) is 2.18.